The lowest BCUT2D eigenvalue weighted by Gasteiger charge is -2.11. The standard InChI is InChI=1S/C9H10N4O2/c10-7-3-1-2-6(12-7)5-13-8(14)4-11-9(13)15/h1-3H,4-5H2,(H2,10,12)(H,11,15). The zero-order valence-corrected chi connectivity index (χ0v) is 7.93. The van der Waals surface area contributed by atoms with E-state index in [2.05, 4.69) is 10.3 Å². The number of rotatable bonds is 2. The molecule has 0 aliphatic carbocycles. The fourth-order valence-corrected chi connectivity index (χ4v) is 1.36. The van der Waals surface area contributed by atoms with Crippen molar-refractivity contribution in [3.8, 4) is 0 Å². The minimum absolute atomic E-state index is 0.0567. The normalized spacial score (nSPS) is 15.6. The molecule has 0 atom stereocenters. The maximum absolute atomic E-state index is 11.3. The van der Waals surface area contributed by atoms with Gasteiger partial charge in [-0.3, -0.25) is 9.69 Å². The van der Waals surface area contributed by atoms with Gasteiger partial charge in [-0.15, -0.1) is 0 Å². The number of aromatic nitrogens is 1. The molecular formula is C9H10N4O2. The molecule has 1 aliphatic heterocycles. The molecule has 0 saturated carbocycles. The molecule has 1 aromatic heterocycles. The number of hydrogen-bond acceptors (Lipinski definition) is 4. The smallest absolute Gasteiger partial charge is 0.324 e. The monoisotopic (exact) mass is 206 g/mol. The molecule has 1 saturated heterocycles. The van der Waals surface area contributed by atoms with Crippen LogP contribution < -0.4 is 11.1 Å². The zero-order chi connectivity index (χ0) is 10.8. The molecule has 0 spiro atoms. The van der Waals surface area contributed by atoms with Gasteiger partial charge in [0.15, 0.2) is 0 Å². The highest BCUT2D eigenvalue weighted by Crippen LogP contribution is 2.07. The molecule has 0 bridgehead atoms. The second-order valence-electron chi connectivity index (χ2n) is 3.19. The van der Waals surface area contributed by atoms with E-state index in [0.717, 1.165) is 4.90 Å². The van der Waals surface area contributed by atoms with Crippen LogP contribution in [0, 0.1) is 0 Å². The van der Waals surface area contributed by atoms with E-state index in [1.165, 1.54) is 0 Å². The summed E-state index contributed by atoms with van der Waals surface area (Å²) in [5, 5.41) is 2.43. The summed E-state index contributed by atoms with van der Waals surface area (Å²) >= 11 is 0. The van der Waals surface area contributed by atoms with Crippen LogP contribution in [0.2, 0.25) is 0 Å². The van der Waals surface area contributed by atoms with Gasteiger partial charge in [0.05, 0.1) is 18.8 Å². The van der Waals surface area contributed by atoms with E-state index >= 15 is 0 Å². The molecule has 3 amide bonds. The number of carbonyl (C=O) groups is 2. The third kappa shape index (κ3) is 1.88. The first-order valence-electron chi connectivity index (χ1n) is 4.46. The molecule has 0 aromatic carbocycles. The van der Waals surface area contributed by atoms with Crippen LogP contribution in [-0.2, 0) is 11.3 Å². The Morgan fingerprint density at radius 3 is 2.87 bits per heavy atom. The number of hydrogen-bond donors (Lipinski definition) is 2. The summed E-state index contributed by atoms with van der Waals surface area (Å²) in [6.45, 7) is 0.219. The Balaban J connectivity index is 2.15. The van der Waals surface area contributed by atoms with Crippen molar-refractivity contribution in [1.29, 1.82) is 0 Å². The van der Waals surface area contributed by atoms with Crippen LogP contribution in [0.15, 0.2) is 18.2 Å². The molecule has 2 heterocycles. The largest absolute Gasteiger partial charge is 0.384 e. The Morgan fingerprint density at radius 2 is 2.27 bits per heavy atom. The molecule has 0 radical (unpaired) electrons. The number of imide groups is 1. The maximum Gasteiger partial charge on any atom is 0.324 e. The Morgan fingerprint density at radius 1 is 1.47 bits per heavy atom. The van der Waals surface area contributed by atoms with Gasteiger partial charge >= 0.3 is 6.03 Å². The van der Waals surface area contributed by atoms with Crippen molar-refractivity contribution in [2.24, 2.45) is 0 Å². The Hall–Kier alpha value is -2.11. The average Bonchev–Trinajstić information content (AvgIpc) is 2.50. The van der Waals surface area contributed by atoms with Gasteiger partial charge in [-0.1, -0.05) is 6.07 Å². The number of nitrogens with two attached hydrogens (primary N) is 1. The molecule has 0 unspecified atom stereocenters. The van der Waals surface area contributed by atoms with Crippen LogP contribution in [0.5, 0.6) is 0 Å². The van der Waals surface area contributed by atoms with Crippen LogP contribution in [-0.4, -0.2) is 28.4 Å². The predicted octanol–water partition coefficient (Wildman–Crippen LogP) is -0.284. The second-order valence-corrected chi connectivity index (χ2v) is 3.19. The summed E-state index contributed by atoms with van der Waals surface area (Å²) in [6.07, 6.45) is 0. The van der Waals surface area contributed by atoms with E-state index in [4.69, 9.17) is 5.73 Å². The first-order valence-corrected chi connectivity index (χ1v) is 4.46. The summed E-state index contributed by atoms with van der Waals surface area (Å²) in [5.41, 5.74) is 6.08. The number of nitrogens with zero attached hydrogens (tertiary/aromatic N) is 2. The van der Waals surface area contributed by atoms with Crippen molar-refractivity contribution in [1.82, 2.24) is 15.2 Å². The van der Waals surface area contributed by atoms with Crippen LogP contribution in [0.1, 0.15) is 5.69 Å². The van der Waals surface area contributed by atoms with Gasteiger partial charge in [-0.05, 0) is 12.1 Å². The van der Waals surface area contributed by atoms with Crippen LogP contribution >= 0.6 is 0 Å². The molecule has 6 heteroatoms. The lowest BCUT2D eigenvalue weighted by atomic mass is 10.3. The number of amides is 3. The summed E-state index contributed by atoms with van der Waals surface area (Å²) in [4.78, 5) is 27.6. The van der Waals surface area contributed by atoms with Gasteiger partial charge in [-0.2, -0.15) is 0 Å². The van der Waals surface area contributed by atoms with E-state index < -0.39 is 0 Å². The number of anilines is 1. The van der Waals surface area contributed by atoms with E-state index in [-0.39, 0.29) is 25.0 Å². The molecule has 6 nitrogen and oxygen atoms in total. The van der Waals surface area contributed by atoms with E-state index in [9.17, 15) is 9.59 Å². The average molecular weight is 206 g/mol. The Kier molecular flexibility index (Phi) is 2.24. The minimum atomic E-state index is -0.385. The van der Waals surface area contributed by atoms with Gasteiger partial charge in [0.25, 0.3) is 0 Å². The highest BCUT2D eigenvalue weighted by atomic mass is 16.2. The van der Waals surface area contributed by atoms with Crippen molar-refractivity contribution in [3.63, 3.8) is 0 Å². The Labute approximate surface area is 86.1 Å². The van der Waals surface area contributed by atoms with E-state index in [0.29, 0.717) is 11.5 Å². The number of urea groups is 1. The minimum Gasteiger partial charge on any atom is -0.384 e. The van der Waals surface area contributed by atoms with Crippen molar-refractivity contribution >= 4 is 17.8 Å². The topological polar surface area (TPSA) is 88.3 Å². The molecule has 1 aliphatic rings. The van der Waals surface area contributed by atoms with Crippen molar-refractivity contribution in [2.75, 3.05) is 12.3 Å². The fraction of sp³-hybridized carbons (Fsp3) is 0.222. The van der Waals surface area contributed by atoms with Gasteiger partial charge in [0.1, 0.15) is 5.82 Å². The van der Waals surface area contributed by atoms with Gasteiger partial charge in [0, 0.05) is 0 Å². The second kappa shape index (κ2) is 3.56. The third-order valence-corrected chi connectivity index (χ3v) is 2.09. The fourth-order valence-electron chi connectivity index (χ4n) is 1.36. The maximum atomic E-state index is 11.3. The lowest BCUT2D eigenvalue weighted by molar-refractivity contribution is -0.125. The first kappa shape index (κ1) is 9.45. The summed E-state index contributed by atoms with van der Waals surface area (Å²) in [7, 11) is 0. The summed E-state index contributed by atoms with van der Waals surface area (Å²) in [6, 6.07) is 4.71. The number of nitrogen functional groups attached to an aromatic ring is 1. The van der Waals surface area contributed by atoms with Crippen molar-refractivity contribution in [3.05, 3.63) is 23.9 Å². The molecule has 1 fully saturated rings. The first-order chi connectivity index (χ1) is 7.16. The number of nitrogens with one attached hydrogen (secondary N) is 1. The van der Waals surface area contributed by atoms with E-state index in [1.54, 1.807) is 18.2 Å². The molecule has 78 valence electrons. The quantitative estimate of drug-likeness (QED) is 0.651. The van der Waals surface area contributed by atoms with Gasteiger partial charge < -0.3 is 11.1 Å². The SMILES string of the molecule is Nc1cccc(CN2C(=O)CNC2=O)n1. The van der Waals surface area contributed by atoms with Crippen molar-refractivity contribution < 1.29 is 9.59 Å². The van der Waals surface area contributed by atoms with Crippen molar-refractivity contribution in [2.45, 2.75) is 6.54 Å². The van der Waals surface area contributed by atoms with Crippen LogP contribution in [0.3, 0.4) is 0 Å². The third-order valence-electron chi connectivity index (χ3n) is 2.09. The zero-order valence-electron chi connectivity index (χ0n) is 7.93. The predicted molar refractivity (Wildman–Crippen MR) is 52.6 cm³/mol. The number of carbonyl (C=O) groups excluding carboxylic acids is 2. The molecular weight excluding hydrogens is 196 g/mol. The summed E-state index contributed by atoms with van der Waals surface area (Å²) in [5.74, 6) is 0.128. The Bertz CT molecular complexity index is 402. The molecule has 2 rings (SSSR count). The number of pyridine rings is 1. The highest BCUT2D eigenvalue weighted by Gasteiger charge is 2.28. The molecule has 1 aromatic rings. The van der Waals surface area contributed by atoms with Gasteiger partial charge in [-0.25, -0.2) is 9.78 Å². The van der Waals surface area contributed by atoms with E-state index in [1.807, 2.05) is 0 Å². The highest BCUT2D eigenvalue weighted by molar-refractivity contribution is 6.01. The van der Waals surface area contributed by atoms with Gasteiger partial charge in [0.2, 0.25) is 5.91 Å². The molecule has 3 N–H and O–H groups in total. The molecule has 15 heavy (non-hydrogen) atoms. The lowest BCUT2D eigenvalue weighted by Crippen LogP contribution is -2.30. The van der Waals surface area contributed by atoms with Crippen LogP contribution in [0.4, 0.5) is 10.6 Å². The summed E-state index contributed by atoms with van der Waals surface area (Å²) < 4.78 is 0. The van der Waals surface area contributed by atoms with Crippen LogP contribution in [0.25, 0.3) is 0 Å².